The monoisotopic (exact) mass is 318 g/mol. The van der Waals surface area contributed by atoms with E-state index in [1.165, 1.54) is 16.5 Å². The van der Waals surface area contributed by atoms with Crippen LogP contribution in [0.15, 0.2) is 59.4 Å². The summed E-state index contributed by atoms with van der Waals surface area (Å²) in [5.41, 5.74) is 3.57. The number of hydrogen-bond acceptors (Lipinski definition) is 5. The second-order valence-electron chi connectivity index (χ2n) is 5.79. The van der Waals surface area contributed by atoms with Crippen molar-refractivity contribution in [1.29, 1.82) is 0 Å². The molecule has 0 radical (unpaired) electrons. The number of H-pyrrole nitrogens is 1. The molecule has 120 valence electrons. The molecule has 4 rings (SSSR count). The molecule has 2 aromatic heterocycles. The van der Waals surface area contributed by atoms with E-state index >= 15 is 0 Å². The van der Waals surface area contributed by atoms with E-state index in [1.54, 1.807) is 6.20 Å². The molecule has 24 heavy (non-hydrogen) atoms. The van der Waals surface area contributed by atoms with Gasteiger partial charge in [-0.05, 0) is 42.3 Å². The molecule has 0 bridgehead atoms. The molecule has 0 unspecified atom stereocenters. The van der Waals surface area contributed by atoms with Crippen LogP contribution in [0.25, 0.3) is 10.9 Å². The van der Waals surface area contributed by atoms with Crippen LogP contribution in [-0.2, 0) is 6.54 Å². The Balaban J connectivity index is 1.47. The van der Waals surface area contributed by atoms with Crippen LogP contribution in [0, 0.1) is 0 Å². The summed E-state index contributed by atoms with van der Waals surface area (Å²) in [5, 5.41) is 7.71. The van der Waals surface area contributed by atoms with Crippen LogP contribution >= 0.6 is 0 Å². The van der Waals surface area contributed by atoms with Gasteiger partial charge in [-0.3, -0.25) is 4.99 Å². The fourth-order valence-corrected chi connectivity index (χ4v) is 2.73. The van der Waals surface area contributed by atoms with Crippen LogP contribution in [0.2, 0.25) is 0 Å². The zero-order valence-corrected chi connectivity index (χ0v) is 13.4. The van der Waals surface area contributed by atoms with Crippen molar-refractivity contribution in [2.45, 2.75) is 13.5 Å². The molecule has 3 N–H and O–H groups in total. The summed E-state index contributed by atoms with van der Waals surface area (Å²) in [6.45, 7) is 3.48. The Morgan fingerprint density at radius 1 is 1.21 bits per heavy atom. The van der Waals surface area contributed by atoms with Gasteiger partial charge in [0.15, 0.2) is 0 Å². The molecule has 0 atom stereocenters. The van der Waals surface area contributed by atoms with Gasteiger partial charge in [-0.25, -0.2) is 4.98 Å². The molecule has 0 amide bonds. The topological polar surface area (TPSA) is 78.0 Å². The summed E-state index contributed by atoms with van der Waals surface area (Å²) in [6, 6.07) is 10.1. The predicted molar refractivity (Wildman–Crippen MR) is 97.3 cm³/mol. The lowest BCUT2D eigenvalue weighted by atomic mass is 10.1. The molecule has 1 aliphatic rings. The first-order valence-corrected chi connectivity index (χ1v) is 7.88. The second kappa shape index (κ2) is 6.16. The maximum atomic E-state index is 4.49. The number of anilines is 2. The Morgan fingerprint density at radius 2 is 2.17 bits per heavy atom. The van der Waals surface area contributed by atoms with Gasteiger partial charge in [0, 0.05) is 29.8 Å². The smallest absolute Gasteiger partial charge is 0.224 e. The summed E-state index contributed by atoms with van der Waals surface area (Å²) < 4.78 is 0. The van der Waals surface area contributed by atoms with Crippen molar-refractivity contribution < 1.29 is 0 Å². The van der Waals surface area contributed by atoms with E-state index in [1.807, 2.05) is 24.4 Å². The normalized spacial score (nSPS) is 13.7. The highest BCUT2D eigenvalue weighted by Gasteiger charge is 2.07. The van der Waals surface area contributed by atoms with E-state index in [9.17, 15) is 0 Å². The van der Waals surface area contributed by atoms with Crippen molar-refractivity contribution in [1.82, 2.24) is 15.0 Å². The highest BCUT2D eigenvalue weighted by Crippen LogP contribution is 2.18. The molecule has 6 nitrogen and oxygen atoms in total. The maximum absolute atomic E-state index is 4.49. The van der Waals surface area contributed by atoms with Gasteiger partial charge in [0.25, 0.3) is 0 Å². The number of hydrogen-bond donors (Lipinski definition) is 3. The van der Waals surface area contributed by atoms with Gasteiger partial charge in [-0.15, -0.1) is 0 Å². The Kier molecular flexibility index (Phi) is 3.70. The Hall–Kier alpha value is -3.15. The minimum Gasteiger partial charge on any atom is -0.361 e. The third-order valence-corrected chi connectivity index (χ3v) is 3.92. The number of nitrogens with zero attached hydrogens (tertiary/aromatic N) is 3. The Bertz CT molecular complexity index is 937. The highest BCUT2D eigenvalue weighted by atomic mass is 15.2. The Labute approximate surface area is 139 Å². The van der Waals surface area contributed by atoms with Gasteiger partial charge < -0.3 is 15.6 Å². The quantitative estimate of drug-likeness (QED) is 0.689. The lowest BCUT2D eigenvalue weighted by molar-refractivity contribution is 1.06. The van der Waals surface area contributed by atoms with Gasteiger partial charge in [-0.2, -0.15) is 4.98 Å². The van der Waals surface area contributed by atoms with Crippen LogP contribution in [0.5, 0.6) is 0 Å². The molecule has 3 aromatic rings. The minimum absolute atomic E-state index is 0.590. The number of fused-ring (bicyclic) bond motifs is 1. The van der Waals surface area contributed by atoms with E-state index in [4.69, 9.17) is 0 Å². The van der Waals surface area contributed by atoms with Crippen molar-refractivity contribution in [2.24, 2.45) is 4.99 Å². The predicted octanol–water partition coefficient (Wildman–Crippen LogP) is 3.34. The molecule has 0 saturated heterocycles. The number of amidine groups is 1. The molecule has 0 fully saturated rings. The third-order valence-electron chi connectivity index (χ3n) is 3.92. The number of aliphatic imine (C=N–C) groups is 1. The molecule has 0 aliphatic carbocycles. The molecule has 3 heterocycles. The summed E-state index contributed by atoms with van der Waals surface area (Å²) in [5.74, 6) is 2.16. The number of aromatic nitrogens is 3. The van der Waals surface area contributed by atoms with Crippen LogP contribution < -0.4 is 10.6 Å². The van der Waals surface area contributed by atoms with E-state index in [0.717, 1.165) is 23.7 Å². The number of nitrogens with one attached hydrogen (secondary N) is 3. The Morgan fingerprint density at radius 3 is 3.04 bits per heavy atom. The van der Waals surface area contributed by atoms with E-state index in [0.29, 0.717) is 12.5 Å². The van der Waals surface area contributed by atoms with Gasteiger partial charge in [0.1, 0.15) is 11.7 Å². The largest absolute Gasteiger partial charge is 0.361 e. The molecule has 6 heteroatoms. The van der Waals surface area contributed by atoms with Crippen molar-refractivity contribution in [3.8, 4) is 0 Å². The van der Waals surface area contributed by atoms with Crippen LogP contribution in [0.1, 0.15) is 12.5 Å². The first kappa shape index (κ1) is 14.4. The molecule has 1 aromatic carbocycles. The van der Waals surface area contributed by atoms with E-state index < -0.39 is 0 Å². The number of benzene rings is 1. The van der Waals surface area contributed by atoms with Crippen LogP contribution in [0.4, 0.5) is 11.8 Å². The lowest BCUT2D eigenvalue weighted by Gasteiger charge is -2.08. The fraction of sp³-hybridized carbons (Fsp3) is 0.167. The molecule has 1 aliphatic heterocycles. The van der Waals surface area contributed by atoms with E-state index in [-0.39, 0.29) is 0 Å². The lowest BCUT2D eigenvalue weighted by Crippen LogP contribution is -2.10. The molecular formula is C18H18N6. The average Bonchev–Trinajstić information content (AvgIpc) is 3.22. The fourth-order valence-electron chi connectivity index (χ4n) is 2.73. The average molecular weight is 318 g/mol. The van der Waals surface area contributed by atoms with Gasteiger partial charge >= 0.3 is 0 Å². The van der Waals surface area contributed by atoms with Crippen molar-refractivity contribution in [3.05, 3.63) is 59.9 Å². The first-order valence-electron chi connectivity index (χ1n) is 7.88. The zero-order valence-electron chi connectivity index (χ0n) is 13.4. The van der Waals surface area contributed by atoms with Crippen LogP contribution in [0.3, 0.4) is 0 Å². The first-order chi connectivity index (χ1) is 11.8. The second-order valence-corrected chi connectivity index (χ2v) is 5.79. The number of rotatable bonds is 4. The van der Waals surface area contributed by atoms with Crippen molar-refractivity contribution in [2.75, 3.05) is 17.2 Å². The SMILES string of the molecule is CC1=CC(Nc2ccnc(NCc3cccc4[nH]ccc34)n2)=NC1. The number of aromatic amines is 1. The molecule has 0 spiro atoms. The molecular weight excluding hydrogens is 300 g/mol. The minimum atomic E-state index is 0.590. The van der Waals surface area contributed by atoms with Crippen molar-refractivity contribution in [3.63, 3.8) is 0 Å². The summed E-state index contributed by atoms with van der Waals surface area (Å²) in [7, 11) is 0. The zero-order chi connectivity index (χ0) is 16.4. The van der Waals surface area contributed by atoms with Gasteiger partial charge in [-0.1, -0.05) is 12.1 Å². The summed E-state index contributed by atoms with van der Waals surface area (Å²) in [6.07, 6.45) is 5.72. The van der Waals surface area contributed by atoms with Crippen LogP contribution in [-0.4, -0.2) is 27.3 Å². The van der Waals surface area contributed by atoms with E-state index in [2.05, 4.69) is 55.7 Å². The van der Waals surface area contributed by atoms with Gasteiger partial charge in [0.05, 0.1) is 6.54 Å². The summed E-state index contributed by atoms with van der Waals surface area (Å²) in [4.78, 5) is 16.4. The standard InChI is InChI=1S/C18H18N6/c1-12-9-17(21-10-12)23-16-6-8-20-18(24-16)22-11-13-3-2-4-15-14(13)5-7-19-15/h2-9,19H,10-11H2,1H3,(H2,20,21,22,23,24). The summed E-state index contributed by atoms with van der Waals surface area (Å²) >= 11 is 0. The highest BCUT2D eigenvalue weighted by molar-refractivity contribution is 6.05. The third kappa shape index (κ3) is 2.99. The van der Waals surface area contributed by atoms with Crippen molar-refractivity contribution >= 4 is 28.5 Å². The molecule has 0 saturated carbocycles. The maximum Gasteiger partial charge on any atom is 0.224 e. The van der Waals surface area contributed by atoms with Gasteiger partial charge in [0.2, 0.25) is 5.95 Å².